The summed E-state index contributed by atoms with van der Waals surface area (Å²) in [4.78, 5) is 11.8. The topological polar surface area (TPSA) is 92.8 Å². The van der Waals surface area contributed by atoms with E-state index in [-0.39, 0.29) is 28.9 Å². The van der Waals surface area contributed by atoms with Crippen LogP contribution in [0.15, 0.2) is 56.6 Å². The van der Waals surface area contributed by atoms with Crippen molar-refractivity contribution in [1.82, 2.24) is 8.87 Å². The van der Waals surface area contributed by atoms with Gasteiger partial charge in [0.05, 0.1) is 16.0 Å². The van der Waals surface area contributed by atoms with E-state index in [0.29, 0.717) is 18.5 Å². The van der Waals surface area contributed by atoms with Crippen LogP contribution >= 0.6 is 0 Å². The van der Waals surface area contributed by atoms with Gasteiger partial charge in [0.15, 0.2) is 5.58 Å². The number of aryl methyl sites for hydroxylation is 2. The fraction of sp³-hybridized carbons (Fsp3) is 0.409. The van der Waals surface area contributed by atoms with Crippen molar-refractivity contribution in [3.63, 3.8) is 0 Å². The van der Waals surface area contributed by atoms with Gasteiger partial charge in [0.1, 0.15) is 0 Å². The highest BCUT2D eigenvalue weighted by Crippen LogP contribution is 2.51. The largest absolute Gasteiger partial charge is 0.419 e. The second kappa shape index (κ2) is 6.54. The number of hydrogen-bond acceptors (Lipinski definition) is 5. The first-order valence-corrected chi connectivity index (χ1v) is 11.5. The van der Waals surface area contributed by atoms with Crippen LogP contribution in [0.3, 0.4) is 0 Å². The van der Waals surface area contributed by atoms with Crippen LogP contribution < -0.4 is 5.76 Å². The minimum absolute atomic E-state index is 0.100. The Morgan fingerprint density at radius 3 is 2.60 bits per heavy atom. The van der Waals surface area contributed by atoms with Crippen molar-refractivity contribution in [2.24, 2.45) is 18.9 Å². The molecule has 2 heterocycles. The fourth-order valence-corrected chi connectivity index (χ4v) is 6.62. The standard InChI is InChI=1S/C22H24N2O5S/c1-14-3-5-16(6-4-14)22(26)10-9-15-12-24(13-18(15)22)30(27,28)17-7-8-19-20(11-17)29-21(25)23(19)2/h3-8,11,15,18,26H,9-10,12-13H2,1-2H3/t15-,18+,22+/m1/s1. The van der Waals surface area contributed by atoms with E-state index >= 15 is 0 Å². The summed E-state index contributed by atoms with van der Waals surface area (Å²) in [5.74, 6) is -0.559. The molecule has 1 aromatic heterocycles. The quantitative estimate of drug-likeness (QED) is 0.691. The third-order valence-corrected chi connectivity index (χ3v) is 8.70. The van der Waals surface area contributed by atoms with Crippen LogP contribution in [0.2, 0.25) is 0 Å². The van der Waals surface area contributed by atoms with E-state index in [2.05, 4.69) is 0 Å². The second-order valence-corrected chi connectivity index (χ2v) is 10.5. The molecule has 0 spiro atoms. The summed E-state index contributed by atoms with van der Waals surface area (Å²) in [5, 5.41) is 11.5. The zero-order valence-corrected chi connectivity index (χ0v) is 17.7. The minimum Gasteiger partial charge on any atom is -0.408 e. The van der Waals surface area contributed by atoms with Gasteiger partial charge in [-0.05, 0) is 43.4 Å². The first-order chi connectivity index (χ1) is 14.2. The van der Waals surface area contributed by atoms with Crippen molar-refractivity contribution in [3.8, 4) is 0 Å². The van der Waals surface area contributed by atoms with Crippen LogP contribution in [-0.4, -0.2) is 35.5 Å². The Balaban J connectivity index is 1.46. The Hall–Kier alpha value is -2.42. The number of sulfonamides is 1. The van der Waals surface area contributed by atoms with Crippen molar-refractivity contribution in [2.75, 3.05) is 13.1 Å². The molecule has 158 valence electrons. The lowest BCUT2D eigenvalue weighted by Gasteiger charge is -2.30. The number of rotatable bonds is 3. The molecule has 5 rings (SSSR count). The number of aliphatic hydroxyl groups is 1. The van der Waals surface area contributed by atoms with Gasteiger partial charge in [-0.1, -0.05) is 29.8 Å². The van der Waals surface area contributed by atoms with Gasteiger partial charge < -0.3 is 9.52 Å². The number of aromatic nitrogens is 1. The first kappa shape index (κ1) is 19.5. The maximum atomic E-state index is 13.3. The van der Waals surface area contributed by atoms with Crippen molar-refractivity contribution < 1.29 is 17.9 Å². The summed E-state index contributed by atoms with van der Waals surface area (Å²) in [6.45, 7) is 2.66. The molecule has 0 amide bonds. The van der Waals surface area contributed by atoms with Crippen molar-refractivity contribution in [3.05, 3.63) is 64.1 Å². The van der Waals surface area contributed by atoms with Gasteiger partial charge >= 0.3 is 5.76 Å². The lowest BCUT2D eigenvalue weighted by Crippen LogP contribution is -2.36. The molecule has 30 heavy (non-hydrogen) atoms. The molecule has 0 bridgehead atoms. The van der Waals surface area contributed by atoms with E-state index in [1.54, 1.807) is 13.1 Å². The summed E-state index contributed by atoms with van der Waals surface area (Å²) in [6.07, 6.45) is 1.42. The number of nitrogens with zero attached hydrogens (tertiary/aromatic N) is 2. The summed E-state index contributed by atoms with van der Waals surface area (Å²) < 4.78 is 34.6. The van der Waals surface area contributed by atoms with Gasteiger partial charge in [0, 0.05) is 32.1 Å². The van der Waals surface area contributed by atoms with Gasteiger partial charge in [-0.3, -0.25) is 4.57 Å². The van der Waals surface area contributed by atoms with Crippen LogP contribution in [0.5, 0.6) is 0 Å². The SMILES string of the molecule is Cc1ccc([C@@]2(O)CC[C@@H]3CN(S(=O)(=O)c4ccc5c(c4)oc(=O)n5C)C[C@@H]32)cc1. The smallest absolute Gasteiger partial charge is 0.408 e. The molecule has 1 aliphatic carbocycles. The van der Waals surface area contributed by atoms with Gasteiger partial charge in [-0.2, -0.15) is 4.31 Å². The second-order valence-electron chi connectivity index (χ2n) is 8.57. The third kappa shape index (κ3) is 2.78. The molecule has 0 unspecified atom stereocenters. The Bertz CT molecular complexity index is 1290. The molecule has 2 fully saturated rings. The molecule has 1 saturated carbocycles. The highest BCUT2D eigenvalue weighted by Gasteiger charge is 2.54. The molecule has 0 radical (unpaired) electrons. The Labute approximate surface area is 174 Å². The molecule has 1 aliphatic heterocycles. The monoisotopic (exact) mass is 428 g/mol. The zero-order chi connectivity index (χ0) is 21.3. The van der Waals surface area contributed by atoms with Crippen LogP contribution in [0.4, 0.5) is 0 Å². The average molecular weight is 429 g/mol. The maximum Gasteiger partial charge on any atom is 0.419 e. The van der Waals surface area contributed by atoms with Gasteiger partial charge in [0.2, 0.25) is 10.0 Å². The van der Waals surface area contributed by atoms with Gasteiger partial charge in [-0.15, -0.1) is 0 Å². The minimum atomic E-state index is -3.76. The van der Waals surface area contributed by atoms with E-state index in [1.165, 1.54) is 21.0 Å². The van der Waals surface area contributed by atoms with E-state index in [9.17, 15) is 18.3 Å². The summed E-state index contributed by atoms with van der Waals surface area (Å²) in [5.41, 5.74) is 1.76. The number of fused-ring (bicyclic) bond motifs is 2. The summed E-state index contributed by atoms with van der Waals surface area (Å²) >= 11 is 0. The lowest BCUT2D eigenvalue weighted by molar-refractivity contribution is -0.00400. The van der Waals surface area contributed by atoms with Crippen LogP contribution in [0.1, 0.15) is 24.0 Å². The predicted octanol–water partition coefficient (Wildman–Crippen LogP) is 2.36. The van der Waals surface area contributed by atoms with E-state index < -0.39 is 21.4 Å². The third-order valence-electron chi connectivity index (χ3n) is 6.87. The first-order valence-electron chi connectivity index (χ1n) is 10.1. The molecule has 2 aromatic carbocycles. The number of hydrogen-bond donors (Lipinski definition) is 1. The van der Waals surface area contributed by atoms with Crippen LogP contribution in [0.25, 0.3) is 11.1 Å². The lowest BCUT2D eigenvalue weighted by atomic mass is 9.82. The Kier molecular flexibility index (Phi) is 4.26. The molecular formula is C22H24N2O5S. The van der Waals surface area contributed by atoms with Crippen LogP contribution in [-0.2, 0) is 22.7 Å². The normalized spacial score (nSPS) is 27.0. The molecule has 3 atom stereocenters. The fourth-order valence-electron chi connectivity index (χ4n) is 5.08. The number of benzene rings is 2. The molecule has 3 aromatic rings. The van der Waals surface area contributed by atoms with Gasteiger partial charge in [-0.25, -0.2) is 13.2 Å². The number of oxazole rings is 1. The van der Waals surface area contributed by atoms with Gasteiger partial charge in [0.25, 0.3) is 0 Å². The van der Waals surface area contributed by atoms with Crippen molar-refractivity contribution in [2.45, 2.75) is 30.3 Å². The highest BCUT2D eigenvalue weighted by atomic mass is 32.2. The van der Waals surface area contributed by atoms with E-state index in [0.717, 1.165) is 17.5 Å². The van der Waals surface area contributed by atoms with Crippen molar-refractivity contribution in [1.29, 1.82) is 0 Å². The zero-order valence-electron chi connectivity index (χ0n) is 16.9. The molecule has 1 N–H and O–H groups in total. The molecular weight excluding hydrogens is 404 g/mol. The van der Waals surface area contributed by atoms with E-state index in [4.69, 9.17) is 4.42 Å². The summed E-state index contributed by atoms with van der Waals surface area (Å²) in [7, 11) is -2.18. The maximum absolute atomic E-state index is 13.3. The molecule has 1 saturated heterocycles. The van der Waals surface area contributed by atoms with E-state index in [1.807, 2.05) is 31.2 Å². The molecule has 8 heteroatoms. The molecule has 2 aliphatic rings. The average Bonchev–Trinajstić information content (AvgIpc) is 3.37. The predicted molar refractivity (Wildman–Crippen MR) is 112 cm³/mol. The molecule has 7 nitrogen and oxygen atoms in total. The Morgan fingerprint density at radius 1 is 1.13 bits per heavy atom. The highest BCUT2D eigenvalue weighted by molar-refractivity contribution is 7.89. The van der Waals surface area contributed by atoms with Crippen LogP contribution in [0, 0.1) is 18.8 Å². The Morgan fingerprint density at radius 2 is 1.87 bits per heavy atom. The summed E-state index contributed by atoms with van der Waals surface area (Å²) in [6, 6.07) is 12.4. The van der Waals surface area contributed by atoms with Crippen molar-refractivity contribution >= 4 is 21.1 Å².